The molecule has 1 saturated heterocycles. The monoisotopic (exact) mass is 550 g/mol. The molecule has 0 amide bonds. The summed E-state index contributed by atoms with van der Waals surface area (Å²) in [6.45, 7) is 3.61. The molecule has 2 fully saturated rings. The number of fused-ring (bicyclic) bond motifs is 4. The van der Waals surface area contributed by atoms with Crippen LogP contribution in [0.2, 0.25) is 0 Å². The summed E-state index contributed by atoms with van der Waals surface area (Å²) in [5.41, 5.74) is 1.62. The second-order valence-electron chi connectivity index (χ2n) is 10.6. The molecule has 8 nitrogen and oxygen atoms in total. The van der Waals surface area contributed by atoms with Crippen molar-refractivity contribution < 1.29 is 22.3 Å². The second-order valence-corrected chi connectivity index (χ2v) is 12.5. The number of pyridine rings is 1. The number of nitrogens with zero attached hydrogens (tertiary/aromatic N) is 4. The van der Waals surface area contributed by atoms with Crippen LogP contribution in [-0.4, -0.2) is 56.6 Å². The van der Waals surface area contributed by atoms with E-state index in [1.807, 2.05) is 31.2 Å². The Bertz CT molecular complexity index is 1680. The van der Waals surface area contributed by atoms with E-state index in [1.165, 1.54) is 13.5 Å². The topological polar surface area (TPSA) is 94.5 Å². The van der Waals surface area contributed by atoms with Crippen LogP contribution in [0.5, 0.6) is 5.75 Å². The molecular formula is C29H31FN4O4S. The molecule has 2 aromatic heterocycles. The molecule has 0 spiro atoms. The molecule has 2 aromatic carbocycles. The summed E-state index contributed by atoms with van der Waals surface area (Å²) in [7, 11) is -2.26. The van der Waals surface area contributed by atoms with Crippen molar-refractivity contribution in [3.8, 4) is 17.0 Å². The van der Waals surface area contributed by atoms with Crippen molar-refractivity contribution in [3.05, 3.63) is 47.9 Å². The van der Waals surface area contributed by atoms with E-state index in [0.717, 1.165) is 54.9 Å². The van der Waals surface area contributed by atoms with E-state index in [-0.39, 0.29) is 23.2 Å². The van der Waals surface area contributed by atoms with Crippen LogP contribution < -0.4 is 9.64 Å². The first-order chi connectivity index (χ1) is 18.8. The number of hydrogen-bond donors (Lipinski definition) is 0. The molecule has 4 aromatic rings. The Kier molecular flexibility index (Phi) is 6.63. The maximum atomic E-state index is 16.6. The highest BCUT2D eigenvalue weighted by atomic mass is 32.2. The minimum Gasteiger partial charge on any atom is -0.468 e. The lowest BCUT2D eigenvalue weighted by Crippen LogP contribution is -2.37. The van der Waals surface area contributed by atoms with Gasteiger partial charge in [-0.1, -0.05) is 25.1 Å². The number of aromatic nitrogens is 3. The Morgan fingerprint density at radius 3 is 2.59 bits per heavy atom. The van der Waals surface area contributed by atoms with Crippen LogP contribution in [0.3, 0.4) is 0 Å². The Hall–Kier alpha value is -3.37. The number of halogens is 1. The maximum Gasteiger partial charge on any atom is 0.249 e. The van der Waals surface area contributed by atoms with Gasteiger partial charge in [0.05, 0.1) is 5.39 Å². The van der Waals surface area contributed by atoms with Crippen LogP contribution in [0.15, 0.2) is 41.7 Å². The van der Waals surface area contributed by atoms with E-state index in [4.69, 9.17) is 9.47 Å². The first-order valence-corrected chi connectivity index (χ1v) is 15.1. The van der Waals surface area contributed by atoms with Gasteiger partial charge in [-0.3, -0.25) is 4.98 Å². The third kappa shape index (κ3) is 4.69. The minimum atomic E-state index is -3.79. The van der Waals surface area contributed by atoms with Crippen LogP contribution in [0.1, 0.15) is 31.7 Å². The molecule has 2 aliphatic rings. The van der Waals surface area contributed by atoms with Crippen LogP contribution in [0.4, 0.5) is 10.2 Å². The molecule has 0 N–H and O–H groups in total. The van der Waals surface area contributed by atoms with Gasteiger partial charge in [-0.25, -0.2) is 22.8 Å². The van der Waals surface area contributed by atoms with Crippen molar-refractivity contribution in [1.29, 1.82) is 0 Å². The fourth-order valence-electron chi connectivity index (χ4n) is 6.17. The summed E-state index contributed by atoms with van der Waals surface area (Å²) < 4.78 is 52.6. The quantitative estimate of drug-likeness (QED) is 0.230. The van der Waals surface area contributed by atoms with Gasteiger partial charge in [0.25, 0.3) is 0 Å². The second kappa shape index (κ2) is 9.98. The van der Waals surface area contributed by atoms with E-state index < -0.39 is 15.7 Å². The fourth-order valence-corrected chi connectivity index (χ4v) is 6.68. The van der Waals surface area contributed by atoms with Gasteiger partial charge >= 0.3 is 0 Å². The number of anilines is 1. The third-order valence-electron chi connectivity index (χ3n) is 7.90. The minimum absolute atomic E-state index is 0.0399. The fraction of sp³-hybridized carbons (Fsp3) is 0.414. The first-order valence-electron chi connectivity index (χ1n) is 13.3. The summed E-state index contributed by atoms with van der Waals surface area (Å²) in [5, 5.41) is 1.77. The first kappa shape index (κ1) is 25.9. The maximum absolute atomic E-state index is 16.6. The molecule has 2 bridgehead atoms. The average Bonchev–Trinajstić information content (AvgIpc) is 3.27. The van der Waals surface area contributed by atoms with E-state index >= 15 is 4.39 Å². The van der Waals surface area contributed by atoms with E-state index in [9.17, 15) is 8.42 Å². The lowest BCUT2D eigenvalue weighted by molar-refractivity contribution is 0.0512. The van der Waals surface area contributed by atoms with E-state index in [0.29, 0.717) is 34.4 Å². The predicted molar refractivity (Wildman–Crippen MR) is 148 cm³/mol. The Labute approximate surface area is 227 Å². The van der Waals surface area contributed by atoms with Crippen molar-refractivity contribution >= 4 is 37.3 Å². The van der Waals surface area contributed by atoms with Gasteiger partial charge in [0, 0.05) is 38.2 Å². The lowest BCUT2D eigenvalue weighted by Gasteiger charge is -2.33. The lowest BCUT2D eigenvalue weighted by atomic mass is 9.95. The molecule has 10 heteroatoms. The zero-order chi connectivity index (χ0) is 27.3. The van der Waals surface area contributed by atoms with Crippen molar-refractivity contribution in [3.63, 3.8) is 0 Å². The highest BCUT2D eigenvalue weighted by Crippen LogP contribution is 2.41. The third-order valence-corrected chi connectivity index (χ3v) is 8.74. The SMILES string of the molecule is CCc1cccc2cc(OCOC)cc(-c3ncc4c(N5CC6CCC(C6)C5)nc(S(C)(=O)=O)nc4c3F)c12. The number of hydrogen-bond acceptors (Lipinski definition) is 8. The number of methoxy groups -OCH3 is 1. The van der Waals surface area contributed by atoms with E-state index in [2.05, 4.69) is 19.9 Å². The van der Waals surface area contributed by atoms with Crippen LogP contribution in [0.25, 0.3) is 32.9 Å². The van der Waals surface area contributed by atoms with Crippen molar-refractivity contribution in [2.75, 3.05) is 38.1 Å². The van der Waals surface area contributed by atoms with Crippen molar-refractivity contribution in [1.82, 2.24) is 15.0 Å². The van der Waals surface area contributed by atoms with E-state index in [1.54, 1.807) is 12.3 Å². The number of rotatable bonds is 7. The smallest absolute Gasteiger partial charge is 0.249 e. The van der Waals surface area contributed by atoms with Crippen molar-refractivity contribution in [2.24, 2.45) is 11.8 Å². The largest absolute Gasteiger partial charge is 0.468 e. The van der Waals surface area contributed by atoms with Crippen LogP contribution in [0, 0.1) is 17.7 Å². The number of ether oxygens (including phenoxy) is 2. The summed E-state index contributed by atoms with van der Waals surface area (Å²) >= 11 is 0. The molecule has 39 heavy (non-hydrogen) atoms. The van der Waals surface area contributed by atoms with Gasteiger partial charge < -0.3 is 14.4 Å². The van der Waals surface area contributed by atoms with Crippen LogP contribution in [-0.2, 0) is 21.0 Å². The molecule has 204 valence electrons. The molecule has 2 atom stereocenters. The Morgan fingerprint density at radius 2 is 1.90 bits per heavy atom. The van der Waals surface area contributed by atoms with Gasteiger partial charge in [0.1, 0.15) is 22.8 Å². The Balaban J connectivity index is 1.60. The zero-order valence-corrected chi connectivity index (χ0v) is 23.1. The van der Waals surface area contributed by atoms with Gasteiger partial charge in [0.15, 0.2) is 12.6 Å². The number of sulfone groups is 1. The highest BCUT2D eigenvalue weighted by molar-refractivity contribution is 7.90. The highest BCUT2D eigenvalue weighted by Gasteiger charge is 2.35. The summed E-state index contributed by atoms with van der Waals surface area (Å²) in [6, 6.07) is 9.55. The predicted octanol–water partition coefficient (Wildman–Crippen LogP) is 5.17. The molecule has 2 unspecified atom stereocenters. The Morgan fingerprint density at radius 1 is 1.13 bits per heavy atom. The van der Waals surface area contributed by atoms with Crippen molar-refractivity contribution in [2.45, 2.75) is 37.8 Å². The summed E-state index contributed by atoms with van der Waals surface area (Å²) in [6.07, 6.45) is 6.83. The van der Waals surface area contributed by atoms with Gasteiger partial charge in [-0.2, -0.15) is 0 Å². The summed E-state index contributed by atoms with van der Waals surface area (Å²) in [5.74, 6) is 1.32. The number of piperidine rings is 1. The zero-order valence-electron chi connectivity index (χ0n) is 22.3. The molecular weight excluding hydrogens is 519 g/mol. The molecule has 3 heterocycles. The number of benzene rings is 2. The van der Waals surface area contributed by atoms with Gasteiger partial charge in [-0.05, 0) is 66.0 Å². The number of aryl methyl sites for hydroxylation is 1. The average molecular weight is 551 g/mol. The standard InChI is InChI=1S/C29H31FN4O4S/c1-4-19-6-5-7-20-11-21(38-16-37-2)12-22(24(19)20)26-25(30)27-23(13-31-26)28(33-29(32-27)39(3,35)36)34-14-17-8-9-18(10-17)15-34/h5-7,11-13,17-18H,4,8-10,14-16H2,1-3H3. The summed E-state index contributed by atoms with van der Waals surface area (Å²) in [4.78, 5) is 15.4. The normalized spacial score (nSPS) is 19.2. The van der Waals surface area contributed by atoms with Gasteiger partial charge in [0.2, 0.25) is 15.0 Å². The van der Waals surface area contributed by atoms with Gasteiger partial charge in [-0.15, -0.1) is 0 Å². The molecule has 1 saturated carbocycles. The van der Waals surface area contributed by atoms with Crippen LogP contribution >= 0.6 is 0 Å². The molecule has 1 aliphatic heterocycles. The molecule has 6 rings (SSSR count). The molecule has 1 aliphatic carbocycles. The molecule has 0 radical (unpaired) electrons.